The molecule has 2 aliphatic heterocycles. The van der Waals surface area contributed by atoms with Gasteiger partial charge in [0.2, 0.25) is 0 Å². The van der Waals surface area contributed by atoms with Crippen LogP contribution in [0.4, 0.5) is 0 Å². The molecule has 2 heterocycles. The number of piperazine rings is 1. The highest BCUT2D eigenvalue weighted by atomic mass is 16.2. The number of fused-ring (bicyclic) bond motifs is 1. The molecule has 5 heteroatoms. The summed E-state index contributed by atoms with van der Waals surface area (Å²) >= 11 is 0. The minimum atomic E-state index is 0.111. The third-order valence-electron chi connectivity index (χ3n) is 6.82. The SMILES string of the molecule is O=C(C[NH+]1CCN(C(=O)c2ccccc2)CC1)N1CC[C@H]2CCCC[C@@H]2C1. The van der Waals surface area contributed by atoms with E-state index in [0.29, 0.717) is 12.5 Å². The normalized spacial score (nSPS) is 26.5. The van der Waals surface area contributed by atoms with E-state index in [1.54, 1.807) is 0 Å². The van der Waals surface area contributed by atoms with Crippen LogP contribution in [0.1, 0.15) is 42.5 Å². The first-order chi connectivity index (χ1) is 13.2. The van der Waals surface area contributed by atoms with Crippen LogP contribution in [0.15, 0.2) is 30.3 Å². The van der Waals surface area contributed by atoms with Crippen molar-refractivity contribution in [3.05, 3.63) is 35.9 Å². The molecule has 1 aliphatic carbocycles. The summed E-state index contributed by atoms with van der Waals surface area (Å²) in [4.78, 5) is 30.7. The second-order valence-corrected chi connectivity index (χ2v) is 8.52. The second kappa shape index (κ2) is 8.42. The summed E-state index contributed by atoms with van der Waals surface area (Å²) in [6.45, 7) is 5.72. The highest BCUT2D eigenvalue weighted by molar-refractivity contribution is 5.94. The average molecular weight is 371 g/mol. The average Bonchev–Trinajstić information content (AvgIpc) is 2.74. The number of likely N-dealkylation sites (tertiary alicyclic amines) is 1. The Morgan fingerprint density at radius 1 is 0.889 bits per heavy atom. The van der Waals surface area contributed by atoms with E-state index in [2.05, 4.69) is 4.90 Å². The molecule has 0 aromatic heterocycles. The van der Waals surface area contributed by atoms with Gasteiger partial charge in [-0.1, -0.05) is 37.5 Å². The van der Waals surface area contributed by atoms with Gasteiger partial charge in [0.1, 0.15) is 0 Å². The molecule has 1 saturated carbocycles. The fraction of sp³-hybridized carbons (Fsp3) is 0.636. The second-order valence-electron chi connectivity index (χ2n) is 8.52. The van der Waals surface area contributed by atoms with Crippen LogP contribution in [0.3, 0.4) is 0 Å². The molecule has 27 heavy (non-hydrogen) atoms. The summed E-state index contributed by atoms with van der Waals surface area (Å²) in [5.41, 5.74) is 0.757. The predicted octanol–water partition coefficient (Wildman–Crippen LogP) is 1.07. The number of carbonyl (C=O) groups excluding carboxylic acids is 2. The largest absolute Gasteiger partial charge is 0.338 e. The minimum absolute atomic E-state index is 0.111. The number of rotatable bonds is 3. The fourth-order valence-electron chi connectivity index (χ4n) is 5.12. The first kappa shape index (κ1) is 18.5. The maximum absolute atomic E-state index is 12.8. The summed E-state index contributed by atoms with van der Waals surface area (Å²) in [5.74, 6) is 2.03. The van der Waals surface area contributed by atoms with Crippen LogP contribution in [0.2, 0.25) is 0 Å². The van der Waals surface area contributed by atoms with E-state index < -0.39 is 0 Å². The van der Waals surface area contributed by atoms with Crippen molar-refractivity contribution in [1.82, 2.24) is 9.80 Å². The third-order valence-corrected chi connectivity index (χ3v) is 6.82. The van der Waals surface area contributed by atoms with Gasteiger partial charge in [-0.25, -0.2) is 0 Å². The zero-order chi connectivity index (χ0) is 18.6. The van der Waals surface area contributed by atoms with E-state index in [0.717, 1.165) is 56.7 Å². The van der Waals surface area contributed by atoms with Gasteiger partial charge in [-0.3, -0.25) is 9.59 Å². The molecule has 146 valence electrons. The zero-order valence-corrected chi connectivity index (χ0v) is 16.2. The summed E-state index contributed by atoms with van der Waals surface area (Å²) in [5, 5.41) is 0. The number of piperidine rings is 1. The van der Waals surface area contributed by atoms with Crippen LogP contribution < -0.4 is 4.90 Å². The lowest BCUT2D eigenvalue weighted by molar-refractivity contribution is -0.896. The first-order valence-electron chi connectivity index (χ1n) is 10.7. The molecule has 3 fully saturated rings. The van der Waals surface area contributed by atoms with Crippen molar-refractivity contribution in [2.24, 2.45) is 11.8 Å². The molecule has 2 saturated heterocycles. The Balaban J connectivity index is 1.24. The van der Waals surface area contributed by atoms with Crippen LogP contribution in [0, 0.1) is 11.8 Å². The molecule has 3 aliphatic rings. The molecule has 5 nitrogen and oxygen atoms in total. The van der Waals surface area contributed by atoms with E-state index >= 15 is 0 Å². The Labute approximate surface area is 162 Å². The van der Waals surface area contributed by atoms with E-state index in [1.807, 2.05) is 35.2 Å². The summed E-state index contributed by atoms with van der Waals surface area (Å²) in [7, 11) is 0. The minimum Gasteiger partial charge on any atom is -0.338 e. The number of amides is 2. The van der Waals surface area contributed by atoms with Crippen molar-refractivity contribution in [2.75, 3.05) is 45.8 Å². The van der Waals surface area contributed by atoms with Crippen molar-refractivity contribution in [3.63, 3.8) is 0 Å². The summed E-state index contributed by atoms with van der Waals surface area (Å²) in [6.07, 6.45) is 6.60. The first-order valence-corrected chi connectivity index (χ1v) is 10.7. The number of hydrogen-bond donors (Lipinski definition) is 1. The standard InChI is InChI=1S/C22H31N3O2/c26-21(25-11-10-18-6-4-5-9-20(18)16-25)17-23-12-14-24(15-13-23)22(27)19-7-2-1-3-8-19/h1-3,7-8,18,20H,4-6,9-17H2/p+1/t18-,20-/m1/s1. The molecule has 2 atom stereocenters. The van der Waals surface area contributed by atoms with Crippen molar-refractivity contribution < 1.29 is 14.5 Å². The predicted molar refractivity (Wildman–Crippen MR) is 105 cm³/mol. The van der Waals surface area contributed by atoms with E-state index in [-0.39, 0.29) is 5.91 Å². The molecule has 1 N–H and O–H groups in total. The monoisotopic (exact) mass is 370 g/mol. The molecular weight excluding hydrogens is 338 g/mol. The molecule has 1 aromatic carbocycles. The van der Waals surface area contributed by atoms with Crippen LogP contribution in [0.5, 0.6) is 0 Å². The van der Waals surface area contributed by atoms with Gasteiger partial charge in [0.25, 0.3) is 11.8 Å². The van der Waals surface area contributed by atoms with E-state index in [1.165, 1.54) is 37.0 Å². The van der Waals surface area contributed by atoms with E-state index in [9.17, 15) is 9.59 Å². The Bertz CT molecular complexity index is 655. The summed E-state index contributed by atoms with van der Waals surface area (Å²) in [6, 6.07) is 9.49. The lowest BCUT2D eigenvalue weighted by atomic mass is 9.75. The van der Waals surface area contributed by atoms with Crippen molar-refractivity contribution in [3.8, 4) is 0 Å². The third kappa shape index (κ3) is 4.34. The molecule has 0 radical (unpaired) electrons. The Kier molecular flexibility index (Phi) is 5.77. The van der Waals surface area contributed by atoms with Crippen LogP contribution in [-0.4, -0.2) is 67.4 Å². The summed E-state index contributed by atoms with van der Waals surface area (Å²) < 4.78 is 0. The lowest BCUT2D eigenvalue weighted by Gasteiger charge is -2.41. The maximum atomic E-state index is 12.8. The highest BCUT2D eigenvalue weighted by Gasteiger charge is 2.34. The lowest BCUT2D eigenvalue weighted by Crippen LogP contribution is -3.15. The zero-order valence-electron chi connectivity index (χ0n) is 16.2. The highest BCUT2D eigenvalue weighted by Crippen LogP contribution is 2.35. The van der Waals surface area contributed by atoms with Gasteiger partial charge in [-0.05, 0) is 36.8 Å². The molecule has 1 aromatic rings. The van der Waals surface area contributed by atoms with Crippen LogP contribution in [0.25, 0.3) is 0 Å². The van der Waals surface area contributed by atoms with Gasteiger partial charge >= 0.3 is 0 Å². The molecule has 4 rings (SSSR count). The molecule has 0 spiro atoms. The van der Waals surface area contributed by atoms with Gasteiger partial charge in [0.05, 0.1) is 26.2 Å². The van der Waals surface area contributed by atoms with Crippen molar-refractivity contribution >= 4 is 11.8 Å². The Morgan fingerprint density at radius 3 is 2.33 bits per heavy atom. The smallest absolute Gasteiger partial charge is 0.277 e. The number of nitrogens with one attached hydrogen (secondary N) is 1. The number of hydrogen-bond acceptors (Lipinski definition) is 2. The van der Waals surface area contributed by atoms with E-state index in [4.69, 9.17) is 0 Å². The van der Waals surface area contributed by atoms with Crippen LogP contribution in [-0.2, 0) is 4.79 Å². The molecule has 0 unspecified atom stereocenters. The topological polar surface area (TPSA) is 45.1 Å². The molecule has 0 bridgehead atoms. The van der Waals surface area contributed by atoms with Gasteiger partial charge in [-0.2, -0.15) is 0 Å². The fourth-order valence-corrected chi connectivity index (χ4v) is 5.12. The van der Waals surface area contributed by atoms with Gasteiger partial charge < -0.3 is 14.7 Å². The van der Waals surface area contributed by atoms with Crippen LogP contribution >= 0.6 is 0 Å². The van der Waals surface area contributed by atoms with Crippen molar-refractivity contribution in [2.45, 2.75) is 32.1 Å². The van der Waals surface area contributed by atoms with Gasteiger partial charge in [-0.15, -0.1) is 0 Å². The number of quaternary nitrogens is 1. The Morgan fingerprint density at radius 2 is 1.59 bits per heavy atom. The number of benzene rings is 1. The molecule has 2 amide bonds. The number of carbonyl (C=O) groups is 2. The van der Waals surface area contributed by atoms with Gasteiger partial charge in [0.15, 0.2) is 6.54 Å². The Hall–Kier alpha value is -1.88. The maximum Gasteiger partial charge on any atom is 0.277 e. The quantitative estimate of drug-likeness (QED) is 0.865. The van der Waals surface area contributed by atoms with Crippen molar-refractivity contribution in [1.29, 1.82) is 0 Å². The van der Waals surface area contributed by atoms with Gasteiger partial charge in [0, 0.05) is 18.7 Å². The number of nitrogens with zero attached hydrogens (tertiary/aromatic N) is 2. The molecular formula is C22H32N3O2+.